The van der Waals surface area contributed by atoms with Gasteiger partial charge in [-0.2, -0.15) is 5.10 Å². The first-order valence-electron chi connectivity index (χ1n) is 8.06. The fourth-order valence-corrected chi connectivity index (χ4v) is 3.52. The highest BCUT2D eigenvalue weighted by Crippen LogP contribution is 2.33. The quantitative estimate of drug-likeness (QED) is 0.880. The van der Waals surface area contributed by atoms with Crippen LogP contribution in [0.15, 0.2) is 30.5 Å². The lowest BCUT2D eigenvalue weighted by Crippen LogP contribution is -2.25. The summed E-state index contributed by atoms with van der Waals surface area (Å²) in [6.45, 7) is 1.84. The van der Waals surface area contributed by atoms with Gasteiger partial charge in [0.15, 0.2) is 0 Å². The Morgan fingerprint density at radius 3 is 2.74 bits per heavy atom. The molecule has 2 aromatic heterocycles. The zero-order chi connectivity index (χ0) is 16.3. The van der Waals surface area contributed by atoms with Gasteiger partial charge < -0.3 is 0 Å². The highest BCUT2D eigenvalue weighted by molar-refractivity contribution is 7.89. The molecule has 1 saturated carbocycles. The fraction of sp³-hybridized carbons (Fsp3) is 0.500. The molecule has 0 aromatic carbocycles. The maximum absolute atomic E-state index is 11.6. The van der Waals surface area contributed by atoms with Crippen LogP contribution in [0.3, 0.4) is 0 Å². The van der Waals surface area contributed by atoms with Gasteiger partial charge >= 0.3 is 0 Å². The van der Waals surface area contributed by atoms with Crippen LogP contribution in [0, 0.1) is 0 Å². The standard InChI is InChI=1S/C16H22N4O2S/c1-2-23(21,22)18-12-13-11-16(15-9-5-6-10-17-15)20(19-13)14-7-3-4-8-14/h5-6,9-11,14,18H,2-4,7-8,12H2,1H3. The first kappa shape index (κ1) is 16.1. The lowest BCUT2D eigenvalue weighted by molar-refractivity contribution is 0.466. The molecule has 0 radical (unpaired) electrons. The second-order valence-corrected chi connectivity index (χ2v) is 7.94. The van der Waals surface area contributed by atoms with Crippen LogP contribution in [0.4, 0.5) is 0 Å². The van der Waals surface area contributed by atoms with Crippen molar-refractivity contribution in [2.24, 2.45) is 0 Å². The van der Waals surface area contributed by atoms with Gasteiger partial charge in [0.25, 0.3) is 0 Å². The number of aromatic nitrogens is 3. The van der Waals surface area contributed by atoms with Crippen molar-refractivity contribution >= 4 is 10.0 Å². The number of hydrogen-bond acceptors (Lipinski definition) is 4. The topological polar surface area (TPSA) is 76.9 Å². The smallest absolute Gasteiger partial charge is 0.211 e. The third-order valence-corrected chi connectivity index (χ3v) is 5.58. The van der Waals surface area contributed by atoms with Gasteiger partial charge in [0, 0.05) is 6.20 Å². The maximum Gasteiger partial charge on any atom is 0.211 e. The Morgan fingerprint density at radius 2 is 2.09 bits per heavy atom. The molecule has 0 saturated heterocycles. The number of nitrogens with one attached hydrogen (secondary N) is 1. The third-order valence-electron chi connectivity index (χ3n) is 4.24. The lowest BCUT2D eigenvalue weighted by atomic mass is 10.2. The summed E-state index contributed by atoms with van der Waals surface area (Å²) in [6.07, 6.45) is 6.41. The Bertz CT molecular complexity index is 750. The van der Waals surface area contributed by atoms with Crippen LogP contribution in [0.25, 0.3) is 11.4 Å². The first-order chi connectivity index (χ1) is 11.1. The Kier molecular flexibility index (Phi) is 4.77. The first-order valence-corrected chi connectivity index (χ1v) is 9.71. The molecule has 1 fully saturated rings. The SMILES string of the molecule is CCS(=O)(=O)NCc1cc(-c2ccccn2)n(C2CCCC2)n1. The van der Waals surface area contributed by atoms with Crippen molar-refractivity contribution in [3.8, 4) is 11.4 Å². The Hall–Kier alpha value is -1.73. The van der Waals surface area contributed by atoms with E-state index in [0.717, 1.165) is 29.9 Å². The molecule has 6 nitrogen and oxygen atoms in total. The van der Waals surface area contributed by atoms with Crippen molar-refractivity contribution in [2.75, 3.05) is 5.75 Å². The summed E-state index contributed by atoms with van der Waals surface area (Å²) < 4.78 is 27.9. The van der Waals surface area contributed by atoms with E-state index in [-0.39, 0.29) is 12.3 Å². The minimum atomic E-state index is -3.22. The summed E-state index contributed by atoms with van der Waals surface area (Å²) in [5.74, 6) is 0.0728. The van der Waals surface area contributed by atoms with Gasteiger partial charge in [0.05, 0.1) is 35.4 Å². The van der Waals surface area contributed by atoms with Crippen molar-refractivity contribution < 1.29 is 8.42 Å². The molecule has 1 aliphatic rings. The predicted octanol–water partition coefficient (Wildman–Crippen LogP) is 2.50. The van der Waals surface area contributed by atoms with E-state index in [9.17, 15) is 8.42 Å². The van der Waals surface area contributed by atoms with Crippen LogP contribution in [-0.4, -0.2) is 28.9 Å². The summed E-state index contributed by atoms with van der Waals surface area (Å²) >= 11 is 0. The highest BCUT2D eigenvalue weighted by atomic mass is 32.2. The summed E-state index contributed by atoms with van der Waals surface area (Å²) in [6, 6.07) is 8.12. The number of sulfonamides is 1. The maximum atomic E-state index is 11.6. The van der Waals surface area contributed by atoms with Gasteiger partial charge in [-0.3, -0.25) is 9.67 Å². The van der Waals surface area contributed by atoms with Gasteiger partial charge in [0.1, 0.15) is 0 Å². The number of pyridine rings is 1. The molecule has 23 heavy (non-hydrogen) atoms. The number of hydrogen-bond donors (Lipinski definition) is 1. The molecule has 1 aliphatic carbocycles. The van der Waals surface area contributed by atoms with Crippen LogP contribution in [0.5, 0.6) is 0 Å². The van der Waals surface area contributed by atoms with Crippen molar-refractivity contribution in [1.29, 1.82) is 0 Å². The summed E-state index contributed by atoms with van der Waals surface area (Å²) in [4.78, 5) is 4.42. The monoisotopic (exact) mass is 334 g/mol. The van der Waals surface area contributed by atoms with Gasteiger partial charge in [-0.05, 0) is 38.0 Å². The van der Waals surface area contributed by atoms with Gasteiger partial charge in [-0.15, -0.1) is 0 Å². The molecule has 2 aromatic rings. The predicted molar refractivity (Wildman–Crippen MR) is 89.3 cm³/mol. The molecular formula is C16H22N4O2S. The minimum absolute atomic E-state index is 0.0728. The summed E-state index contributed by atoms with van der Waals surface area (Å²) in [7, 11) is -3.22. The van der Waals surface area contributed by atoms with E-state index in [0.29, 0.717) is 6.04 Å². The van der Waals surface area contributed by atoms with E-state index in [2.05, 4.69) is 14.8 Å². The highest BCUT2D eigenvalue weighted by Gasteiger charge is 2.22. The molecule has 124 valence electrons. The van der Waals surface area contributed by atoms with Crippen LogP contribution < -0.4 is 4.72 Å². The molecule has 0 aliphatic heterocycles. The summed E-state index contributed by atoms with van der Waals surface area (Å²) in [5, 5.41) is 4.66. The molecule has 1 N–H and O–H groups in total. The lowest BCUT2D eigenvalue weighted by Gasteiger charge is -2.13. The zero-order valence-corrected chi connectivity index (χ0v) is 14.1. The van der Waals surface area contributed by atoms with E-state index in [4.69, 9.17) is 0 Å². The molecule has 0 unspecified atom stereocenters. The van der Waals surface area contributed by atoms with Gasteiger partial charge in [-0.25, -0.2) is 13.1 Å². The molecule has 7 heteroatoms. The number of rotatable bonds is 6. The van der Waals surface area contributed by atoms with E-state index in [1.54, 1.807) is 13.1 Å². The van der Waals surface area contributed by atoms with Crippen LogP contribution in [-0.2, 0) is 16.6 Å². The van der Waals surface area contributed by atoms with Crippen molar-refractivity contribution in [3.63, 3.8) is 0 Å². The molecular weight excluding hydrogens is 312 g/mol. The van der Waals surface area contributed by atoms with Crippen molar-refractivity contribution in [2.45, 2.75) is 45.2 Å². The normalized spacial score (nSPS) is 16.0. The zero-order valence-electron chi connectivity index (χ0n) is 13.3. The van der Waals surface area contributed by atoms with E-state index >= 15 is 0 Å². The molecule has 2 heterocycles. The van der Waals surface area contributed by atoms with Crippen molar-refractivity contribution in [1.82, 2.24) is 19.5 Å². The molecule has 0 atom stereocenters. The van der Waals surface area contributed by atoms with Crippen LogP contribution >= 0.6 is 0 Å². The molecule has 0 bridgehead atoms. The van der Waals surface area contributed by atoms with Crippen LogP contribution in [0.1, 0.15) is 44.3 Å². The van der Waals surface area contributed by atoms with Crippen molar-refractivity contribution in [3.05, 3.63) is 36.2 Å². The Labute approximate surface area is 137 Å². The fourth-order valence-electron chi connectivity index (χ4n) is 2.95. The average Bonchev–Trinajstić information content (AvgIpc) is 3.23. The average molecular weight is 334 g/mol. The minimum Gasteiger partial charge on any atom is -0.260 e. The van der Waals surface area contributed by atoms with E-state index in [1.807, 2.05) is 28.9 Å². The second kappa shape index (κ2) is 6.80. The largest absolute Gasteiger partial charge is 0.260 e. The van der Waals surface area contributed by atoms with E-state index < -0.39 is 10.0 Å². The molecule has 3 rings (SSSR count). The van der Waals surface area contributed by atoms with Gasteiger partial charge in [-0.1, -0.05) is 18.9 Å². The number of nitrogens with zero attached hydrogens (tertiary/aromatic N) is 3. The Morgan fingerprint density at radius 1 is 1.30 bits per heavy atom. The van der Waals surface area contributed by atoms with E-state index in [1.165, 1.54) is 12.8 Å². The second-order valence-electron chi connectivity index (χ2n) is 5.84. The molecule has 0 amide bonds. The van der Waals surface area contributed by atoms with Gasteiger partial charge in [0.2, 0.25) is 10.0 Å². The molecule has 0 spiro atoms. The van der Waals surface area contributed by atoms with Crippen LogP contribution in [0.2, 0.25) is 0 Å². The third kappa shape index (κ3) is 3.79. The Balaban J connectivity index is 1.90. The summed E-state index contributed by atoms with van der Waals surface area (Å²) in [5.41, 5.74) is 2.56.